The molecular weight excluding hydrogens is 346 g/mol. The standard InChI is InChI=1S/C20H25N3O4/c1-25-18-8-4-3-6-15(18)13-23(14-17-7-5-11-27-17)20(24)22-16-9-10-19(26-2)21-12-16/h3-4,6,8-10,12,17H,5,7,11,13-14H2,1-2H3,(H,22,24). The number of pyridine rings is 1. The smallest absolute Gasteiger partial charge is 0.322 e. The first-order chi connectivity index (χ1) is 13.2. The molecule has 0 saturated carbocycles. The molecule has 0 bridgehead atoms. The highest BCUT2D eigenvalue weighted by Gasteiger charge is 2.24. The van der Waals surface area contributed by atoms with Crippen LogP contribution in [0.5, 0.6) is 11.6 Å². The summed E-state index contributed by atoms with van der Waals surface area (Å²) in [5, 5.41) is 2.90. The molecule has 144 valence electrons. The van der Waals surface area contributed by atoms with E-state index in [0.717, 1.165) is 30.8 Å². The summed E-state index contributed by atoms with van der Waals surface area (Å²) in [4.78, 5) is 18.8. The molecule has 7 nitrogen and oxygen atoms in total. The van der Waals surface area contributed by atoms with Crippen molar-refractivity contribution in [3.05, 3.63) is 48.2 Å². The van der Waals surface area contributed by atoms with E-state index in [1.165, 1.54) is 0 Å². The van der Waals surface area contributed by atoms with Crippen LogP contribution in [0, 0.1) is 0 Å². The summed E-state index contributed by atoms with van der Waals surface area (Å²) in [5.74, 6) is 1.26. The molecule has 2 amide bonds. The summed E-state index contributed by atoms with van der Waals surface area (Å²) >= 11 is 0. The fourth-order valence-electron chi connectivity index (χ4n) is 3.07. The molecule has 1 atom stereocenters. The summed E-state index contributed by atoms with van der Waals surface area (Å²) in [7, 11) is 3.18. The lowest BCUT2D eigenvalue weighted by Gasteiger charge is -2.26. The maximum atomic E-state index is 12.9. The number of ether oxygens (including phenoxy) is 3. The van der Waals surface area contributed by atoms with Gasteiger partial charge in [-0.15, -0.1) is 0 Å². The van der Waals surface area contributed by atoms with Crippen molar-refractivity contribution in [3.63, 3.8) is 0 Å². The lowest BCUT2D eigenvalue weighted by atomic mass is 10.1. The number of rotatable bonds is 7. The summed E-state index contributed by atoms with van der Waals surface area (Å²) in [5.41, 5.74) is 1.55. The molecule has 1 aliphatic rings. The Kier molecular flexibility index (Phi) is 6.49. The lowest BCUT2D eigenvalue weighted by Crippen LogP contribution is -2.39. The van der Waals surface area contributed by atoms with Gasteiger partial charge in [-0.1, -0.05) is 18.2 Å². The number of hydrogen-bond donors (Lipinski definition) is 1. The molecule has 0 spiro atoms. The number of benzene rings is 1. The van der Waals surface area contributed by atoms with Gasteiger partial charge in [0, 0.05) is 24.8 Å². The van der Waals surface area contributed by atoms with E-state index in [-0.39, 0.29) is 12.1 Å². The second-order valence-corrected chi connectivity index (χ2v) is 6.35. The molecule has 27 heavy (non-hydrogen) atoms. The van der Waals surface area contributed by atoms with Gasteiger partial charge in [-0.05, 0) is 25.0 Å². The molecule has 3 rings (SSSR count). The van der Waals surface area contributed by atoms with Crippen LogP contribution in [0.4, 0.5) is 10.5 Å². The van der Waals surface area contributed by atoms with Crippen LogP contribution in [0.15, 0.2) is 42.6 Å². The number of hydrogen-bond acceptors (Lipinski definition) is 5. The van der Waals surface area contributed by atoms with E-state index in [0.29, 0.717) is 24.7 Å². The number of urea groups is 1. The summed E-state index contributed by atoms with van der Waals surface area (Å²) in [6.07, 6.45) is 3.61. The van der Waals surface area contributed by atoms with E-state index >= 15 is 0 Å². The number of para-hydroxylation sites is 1. The molecule has 0 radical (unpaired) electrons. The number of methoxy groups -OCH3 is 2. The molecule has 0 aliphatic carbocycles. The largest absolute Gasteiger partial charge is 0.496 e. The molecule has 1 aliphatic heterocycles. The van der Waals surface area contributed by atoms with Crippen molar-refractivity contribution in [1.29, 1.82) is 0 Å². The molecule has 1 aromatic carbocycles. The predicted molar refractivity (Wildman–Crippen MR) is 102 cm³/mol. The molecule has 7 heteroatoms. The Hall–Kier alpha value is -2.80. The zero-order chi connectivity index (χ0) is 19.1. The second kappa shape index (κ2) is 9.23. The number of amides is 2. The van der Waals surface area contributed by atoms with E-state index in [9.17, 15) is 4.79 Å². The van der Waals surface area contributed by atoms with Gasteiger partial charge in [-0.2, -0.15) is 0 Å². The number of carbonyl (C=O) groups is 1. The molecule has 1 N–H and O–H groups in total. The van der Waals surface area contributed by atoms with Crippen LogP contribution in [0.3, 0.4) is 0 Å². The van der Waals surface area contributed by atoms with Crippen LogP contribution in [0.2, 0.25) is 0 Å². The third-order valence-electron chi connectivity index (χ3n) is 4.49. The van der Waals surface area contributed by atoms with Gasteiger partial charge in [0.15, 0.2) is 0 Å². The van der Waals surface area contributed by atoms with E-state index in [2.05, 4.69) is 10.3 Å². The Morgan fingerprint density at radius 2 is 2.11 bits per heavy atom. The number of aromatic nitrogens is 1. The molecule has 1 fully saturated rings. The SMILES string of the molecule is COc1ccc(NC(=O)N(Cc2ccccc2OC)CC2CCCO2)cn1. The fourth-order valence-corrected chi connectivity index (χ4v) is 3.07. The minimum absolute atomic E-state index is 0.0550. The number of carbonyl (C=O) groups excluding carboxylic acids is 1. The van der Waals surface area contributed by atoms with Gasteiger partial charge in [0.1, 0.15) is 5.75 Å². The minimum Gasteiger partial charge on any atom is -0.496 e. The van der Waals surface area contributed by atoms with Crippen molar-refractivity contribution < 1.29 is 19.0 Å². The molecule has 1 unspecified atom stereocenters. The second-order valence-electron chi connectivity index (χ2n) is 6.35. The highest BCUT2D eigenvalue weighted by atomic mass is 16.5. The van der Waals surface area contributed by atoms with Crippen molar-refractivity contribution in [2.75, 3.05) is 32.7 Å². The van der Waals surface area contributed by atoms with E-state index in [1.54, 1.807) is 37.4 Å². The monoisotopic (exact) mass is 371 g/mol. The number of nitrogens with one attached hydrogen (secondary N) is 1. The van der Waals surface area contributed by atoms with Crippen molar-refractivity contribution in [3.8, 4) is 11.6 Å². The van der Waals surface area contributed by atoms with Crippen molar-refractivity contribution >= 4 is 11.7 Å². The van der Waals surface area contributed by atoms with Crippen LogP contribution in [0.25, 0.3) is 0 Å². The topological polar surface area (TPSA) is 72.9 Å². The average Bonchev–Trinajstić information content (AvgIpc) is 3.21. The first kappa shape index (κ1) is 19.0. The normalized spacial score (nSPS) is 16.0. The zero-order valence-corrected chi connectivity index (χ0v) is 15.7. The van der Waals surface area contributed by atoms with Crippen molar-refractivity contribution in [1.82, 2.24) is 9.88 Å². The van der Waals surface area contributed by atoms with E-state index < -0.39 is 0 Å². The van der Waals surface area contributed by atoms with Crippen molar-refractivity contribution in [2.45, 2.75) is 25.5 Å². The fraction of sp³-hybridized carbons (Fsp3) is 0.400. The van der Waals surface area contributed by atoms with Crippen LogP contribution in [0.1, 0.15) is 18.4 Å². The Balaban J connectivity index is 1.74. The Labute approximate surface area is 159 Å². The molecular formula is C20H25N3O4. The first-order valence-corrected chi connectivity index (χ1v) is 8.99. The van der Waals surface area contributed by atoms with Crippen LogP contribution in [-0.4, -0.2) is 49.4 Å². The van der Waals surface area contributed by atoms with Gasteiger partial charge >= 0.3 is 6.03 Å². The van der Waals surface area contributed by atoms with Gasteiger partial charge < -0.3 is 24.4 Å². The first-order valence-electron chi connectivity index (χ1n) is 8.99. The number of anilines is 1. The predicted octanol–water partition coefficient (Wildman–Crippen LogP) is 3.31. The summed E-state index contributed by atoms with van der Waals surface area (Å²) in [6.45, 7) is 1.70. The average molecular weight is 371 g/mol. The van der Waals surface area contributed by atoms with Gasteiger partial charge in [0.2, 0.25) is 5.88 Å². The number of nitrogens with zero attached hydrogens (tertiary/aromatic N) is 2. The molecule has 2 aromatic rings. The van der Waals surface area contributed by atoms with E-state index in [4.69, 9.17) is 14.2 Å². The molecule has 2 heterocycles. The van der Waals surface area contributed by atoms with Gasteiger partial charge in [0.05, 0.1) is 38.8 Å². The Morgan fingerprint density at radius 3 is 2.78 bits per heavy atom. The summed E-state index contributed by atoms with van der Waals surface area (Å²) in [6, 6.07) is 11.0. The quantitative estimate of drug-likeness (QED) is 0.808. The Bertz CT molecular complexity index is 745. The third-order valence-corrected chi connectivity index (χ3v) is 4.49. The van der Waals surface area contributed by atoms with Gasteiger partial charge in [-0.25, -0.2) is 9.78 Å². The van der Waals surface area contributed by atoms with Crippen LogP contribution >= 0.6 is 0 Å². The highest BCUT2D eigenvalue weighted by Crippen LogP contribution is 2.22. The van der Waals surface area contributed by atoms with Crippen LogP contribution in [-0.2, 0) is 11.3 Å². The maximum absolute atomic E-state index is 12.9. The summed E-state index contributed by atoms with van der Waals surface area (Å²) < 4.78 is 16.2. The highest BCUT2D eigenvalue weighted by molar-refractivity contribution is 5.89. The van der Waals surface area contributed by atoms with Gasteiger partial charge in [-0.3, -0.25) is 0 Å². The van der Waals surface area contributed by atoms with Gasteiger partial charge in [0.25, 0.3) is 0 Å². The van der Waals surface area contributed by atoms with E-state index in [1.807, 2.05) is 24.3 Å². The van der Waals surface area contributed by atoms with Crippen LogP contribution < -0.4 is 14.8 Å². The Morgan fingerprint density at radius 1 is 1.26 bits per heavy atom. The minimum atomic E-state index is -0.205. The van der Waals surface area contributed by atoms with Crippen molar-refractivity contribution in [2.24, 2.45) is 0 Å². The molecule has 1 saturated heterocycles. The maximum Gasteiger partial charge on any atom is 0.322 e. The lowest BCUT2D eigenvalue weighted by molar-refractivity contribution is 0.0817. The zero-order valence-electron chi connectivity index (χ0n) is 15.7. The molecule has 1 aromatic heterocycles. The third kappa shape index (κ3) is 5.10.